The smallest absolute Gasteiger partial charge is 0.335 e. The van der Waals surface area contributed by atoms with Crippen molar-refractivity contribution in [3.05, 3.63) is 69.9 Å². The number of halogens is 7. The van der Waals surface area contributed by atoms with Gasteiger partial charge in [0.2, 0.25) is 0 Å². The number of hydrogen-bond donors (Lipinski definition) is 2. The molecule has 39 heavy (non-hydrogen) atoms. The topological polar surface area (TPSA) is 86.9 Å². The van der Waals surface area contributed by atoms with Crippen LogP contribution in [0.3, 0.4) is 0 Å². The summed E-state index contributed by atoms with van der Waals surface area (Å²) in [5.41, 5.74) is -2.72. The minimum Gasteiger partial charge on any atom is -0.335 e. The van der Waals surface area contributed by atoms with E-state index in [1.165, 1.54) is 22.8 Å². The van der Waals surface area contributed by atoms with E-state index in [-0.39, 0.29) is 22.3 Å². The van der Waals surface area contributed by atoms with Crippen LogP contribution < -0.4 is 10.6 Å². The van der Waals surface area contributed by atoms with Gasteiger partial charge in [-0.05, 0) is 61.6 Å². The molecule has 1 atom stereocenters. The zero-order chi connectivity index (χ0) is 28.3. The molecule has 0 spiro atoms. The van der Waals surface area contributed by atoms with Gasteiger partial charge in [0.15, 0.2) is 6.04 Å². The molecule has 2 aliphatic rings. The number of aromatic nitrogens is 1. The molecule has 2 aliphatic carbocycles. The number of rotatable bonds is 6. The van der Waals surface area contributed by atoms with Gasteiger partial charge in [-0.3, -0.25) is 9.59 Å². The van der Waals surface area contributed by atoms with Crippen LogP contribution in [0.15, 0.2) is 42.5 Å². The lowest BCUT2D eigenvalue weighted by Gasteiger charge is -2.23. The minimum atomic E-state index is -5.09. The Bertz CT molecular complexity index is 1530. The summed E-state index contributed by atoms with van der Waals surface area (Å²) in [6.07, 6.45) is -7.70. The van der Waals surface area contributed by atoms with Crippen molar-refractivity contribution in [3.63, 3.8) is 0 Å². The van der Waals surface area contributed by atoms with E-state index in [2.05, 4.69) is 5.32 Å². The number of fused-ring (bicyclic) bond motifs is 1. The van der Waals surface area contributed by atoms with E-state index < -0.39 is 46.9 Å². The summed E-state index contributed by atoms with van der Waals surface area (Å²) in [5, 5.41) is 14.1. The quantitative estimate of drug-likeness (QED) is 0.334. The molecular formula is C26H19ClF6N4O2. The lowest BCUT2D eigenvalue weighted by atomic mass is 10.0. The third kappa shape index (κ3) is 5.28. The largest absolute Gasteiger partial charge is 0.416 e. The van der Waals surface area contributed by atoms with E-state index in [1.54, 1.807) is 0 Å². The standard InChI is InChI=1S/C26H19ClF6N4O2/c27-18-11-19-14(9-17(18)22(38)36-24(12-34)6-7-24)10-20(37(19)16-4-5-16)23(39)35-21(26(31,32)33)13-2-1-3-15(8-13)25(28,29)30/h1-3,8-11,16,21H,4-7H2,(H,35,39)(H,36,38). The van der Waals surface area contributed by atoms with Crippen LogP contribution in [0.2, 0.25) is 5.02 Å². The van der Waals surface area contributed by atoms with Gasteiger partial charge in [0.1, 0.15) is 11.2 Å². The second kappa shape index (κ2) is 9.19. The van der Waals surface area contributed by atoms with Crippen molar-refractivity contribution in [2.45, 2.75) is 55.7 Å². The first-order chi connectivity index (χ1) is 18.2. The molecule has 2 amide bonds. The van der Waals surface area contributed by atoms with Crippen LogP contribution in [0, 0.1) is 11.3 Å². The molecule has 0 saturated heterocycles. The van der Waals surface area contributed by atoms with Gasteiger partial charge in [0.25, 0.3) is 11.8 Å². The second-order valence-corrected chi connectivity index (χ2v) is 10.1. The average Bonchev–Trinajstić information content (AvgIpc) is 3.79. The Morgan fingerprint density at radius 3 is 2.31 bits per heavy atom. The van der Waals surface area contributed by atoms with Gasteiger partial charge in [-0.2, -0.15) is 31.6 Å². The van der Waals surface area contributed by atoms with Crippen molar-refractivity contribution >= 4 is 34.3 Å². The Labute approximate surface area is 222 Å². The highest BCUT2D eigenvalue weighted by Crippen LogP contribution is 2.42. The summed E-state index contributed by atoms with van der Waals surface area (Å²) in [5.74, 6) is -1.76. The molecule has 1 unspecified atom stereocenters. The van der Waals surface area contributed by atoms with Crippen LogP contribution >= 0.6 is 11.6 Å². The van der Waals surface area contributed by atoms with Gasteiger partial charge >= 0.3 is 12.4 Å². The molecule has 1 aromatic heterocycles. The van der Waals surface area contributed by atoms with Crippen LogP contribution in [0.25, 0.3) is 10.9 Å². The lowest BCUT2D eigenvalue weighted by Crippen LogP contribution is -2.39. The molecular weight excluding hydrogens is 550 g/mol. The highest BCUT2D eigenvalue weighted by atomic mass is 35.5. The first kappa shape index (κ1) is 26.9. The summed E-state index contributed by atoms with van der Waals surface area (Å²) < 4.78 is 82.8. The highest BCUT2D eigenvalue weighted by Gasteiger charge is 2.46. The maximum absolute atomic E-state index is 14.0. The van der Waals surface area contributed by atoms with Crippen LogP contribution in [0.5, 0.6) is 0 Å². The molecule has 204 valence electrons. The molecule has 2 saturated carbocycles. The molecule has 6 nitrogen and oxygen atoms in total. The Morgan fingerprint density at radius 1 is 1.05 bits per heavy atom. The molecule has 0 bridgehead atoms. The monoisotopic (exact) mass is 568 g/mol. The van der Waals surface area contributed by atoms with E-state index >= 15 is 0 Å². The van der Waals surface area contributed by atoms with Gasteiger partial charge < -0.3 is 15.2 Å². The predicted octanol–water partition coefficient (Wildman–Crippen LogP) is 6.47. The Hall–Kier alpha value is -3.72. The molecule has 1 heterocycles. The van der Waals surface area contributed by atoms with E-state index in [0.29, 0.717) is 48.7 Å². The Kier molecular flexibility index (Phi) is 6.33. The molecule has 0 radical (unpaired) electrons. The van der Waals surface area contributed by atoms with Gasteiger partial charge in [-0.15, -0.1) is 0 Å². The lowest BCUT2D eigenvalue weighted by molar-refractivity contribution is -0.156. The molecule has 2 aromatic carbocycles. The maximum Gasteiger partial charge on any atom is 0.416 e. The van der Waals surface area contributed by atoms with Crippen molar-refractivity contribution in [3.8, 4) is 6.07 Å². The Morgan fingerprint density at radius 2 is 1.74 bits per heavy atom. The van der Waals surface area contributed by atoms with Crippen LogP contribution in [0.4, 0.5) is 26.3 Å². The number of carbonyl (C=O) groups excluding carboxylic acids is 2. The predicted molar refractivity (Wildman–Crippen MR) is 128 cm³/mol. The van der Waals surface area contributed by atoms with Crippen molar-refractivity contribution in [1.82, 2.24) is 15.2 Å². The van der Waals surface area contributed by atoms with Crippen LogP contribution in [-0.2, 0) is 6.18 Å². The third-order valence-corrected chi connectivity index (χ3v) is 7.10. The number of hydrogen-bond acceptors (Lipinski definition) is 3. The van der Waals surface area contributed by atoms with Crippen molar-refractivity contribution in [2.24, 2.45) is 0 Å². The summed E-state index contributed by atoms with van der Waals surface area (Å²) >= 11 is 6.35. The first-order valence-corrected chi connectivity index (χ1v) is 12.2. The van der Waals surface area contributed by atoms with Crippen molar-refractivity contribution < 1.29 is 35.9 Å². The van der Waals surface area contributed by atoms with Crippen LogP contribution in [0.1, 0.15) is 69.7 Å². The fraction of sp³-hybridized carbons (Fsp3) is 0.346. The number of amides is 2. The number of alkyl halides is 6. The van der Waals surface area contributed by atoms with Gasteiger partial charge in [0, 0.05) is 11.4 Å². The van der Waals surface area contributed by atoms with Gasteiger partial charge in [-0.1, -0.05) is 23.7 Å². The number of nitrogens with zero attached hydrogens (tertiary/aromatic N) is 2. The second-order valence-electron chi connectivity index (χ2n) is 9.74. The molecule has 3 aromatic rings. The highest BCUT2D eigenvalue weighted by molar-refractivity contribution is 6.34. The summed E-state index contributed by atoms with van der Waals surface area (Å²) in [6, 6.07) is 5.96. The molecule has 2 N–H and O–H groups in total. The van der Waals surface area contributed by atoms with E-state index in [0.717, 1.165) is 12.1 Å². The van der Waals surface area contributed by atoms with Gasteiger partial charge in [-0.25, -0.2) is 0 Å². The maximum atomic E-state index is 14.0. The molecule has 0 aliphatic heterocycles. The number of carbonyl (C=O) groups is 2. The zero-order valence-electron chi connectivity index (χ0n) is 19.9. The molecule has 2 fully saturated rings. The number of nitrogens with one attached hydrogen (secondary N) is 2. The summed E-state index contributed by atoms with van der Waals surface area (Å²) in [7, 11) is 0. The van der Waals surface area contributed by atoms with Gasteiger partial charge in [0.05, 0.1) is 27.7 Å². The molecule has 5 rings (SSSR count). The van der Waals surface area contributed by atoms with E-state index in [9.17, 15) is 41.2 Å². The minimum absolute atomic E-state index is 0.0258. The normalized spacial score (nSPS) is 17.4. The SMILES string of the molecule is N#CC1(NC(=O)c2cc3cc(C(=O)NC(c4cccc(C(F)(F)F)c4)C(F)(F)F)n(C4CC4)c3cc2Cl)CC1. The first-order valence-electron chi connectivity index (χ1n) is 11.9. The third-order valence-electron chi connectivity index (χ3n) is 6.78. The number of benzene rings is 2. The average molecular weight is 569 g/mol. The fourth-order valence-electron chi connectivity index (χ4n) is 4.45. The number of nitriles is 1. The summed E-state index contributed by atoms with van der Waals surface area (Å²) in [6.45, 7) is 0. The van der Waals surface area contributed by atoms with Crippen LogP contribution in [-0.4, -0.2) is 28.1 Å². The van der Waals surface area contributed by atoms with E-state index in [1.807, 2.05) is 11.4 Å². The summed E-state index contributed by atoms with van der Waals surface area (Å²) in [4.78, 5) is 26.0. The van der Waals surface area contributed by atoms with E-state index in [4.69, 9.17) is 11.6 Å². The Balaban J connectivity index is 1.51. The van der Waals surface area contributed by atoms with Crippen molar-refractivity contribution in [2.75, 3.05) is 0 Å². The fourth-order valence-corrected chi connectivity index (χ4v) is 4.70. The van der Waals surface area contributed by atoms with Crippen molar-refractivity contribution in [1.29, 1.82) is 5.26 Å². The molecule has 13 heteroatoms. The zero-order valence-corrected chi connectivity index (χ0v) is 20.6.